The van der Waals surface area contributed by atoms with E-state index in [2.05, 4.69) is 57.5 Å². The van der Waals surface area contributed by atoms with E-state index in [0.717, 1.165) is 21.3 Å². The van der Waals surface area contributed by atoms with Crippen molar-refractivity contribution in [2.45, 2.75) is 89.7 Å². The van der Waals surface area contributed by atoms with Crippen LogP contribution in [0.4, 0.5) is 0 Å². The Morgan fingerprint density at radius 2 is 1.33 bits per heavy atom. The van der Waals surface area contributed by atoms with Crippen molar-refractivity contribution in [3.8, 4) is 5.75 Å². The molecule has 39 heavy (non-hydrogen) atoms. The van der Waals surface area contributed by atoms with Gasteiger partial charge in [0.1, 0.15) is 30.3 Å². The summed E-state index contributed by atoms with van der Waals surface area (Å²) in [5, 5.41) is 31.8. The molecule has 0 bridgehead atoms. The second kappa shape index (κ2) is 15.8. The summed E-state index contributed by atoms with van der Waals surface area (Å²) in [7, 11) is -0.680. The zero-order valence-electron chi connectivity index (χ0n) is 24.1. The minimum Gasteiger partial charge on any atom is -0.512 e. The second-order valence-electron chi connectivity index (χ2n) is 10.7. The van der Waals surface area contributed by atoms with Gasteiger partial charge in [0.05, 0.1) is 26.9 Å². The smallest absolute Gasteiger partial charge is 0.200 e. The summed E-state index contributed by atoms with van der Waals surface area (Å²) in [6.07, 6.45) is -2.71. The summed E-state index contributed by atoms with van der Waals surface area (Å²) in [5.74, 6) is 0.281. The minimum atomic E-state index is -2.28. The number of methoxy groups -OCH3 is 1. The quantitative estimate of drug-likeness (QED) is 0.132. The van der Waals surface area contributed by atoms with E-state index in [-0.39, 0.29) is 19.8 Å². The maximum Gasteiger partial charge on any atom is 0.200 e. The number of rotatable bonds is 16. The van der Waals surface area contributed by atoms with Crippen LogP contribution in [0.3, 0.4) is 0 Å². The SMILES string of the molecule is COc1ccc(CO[C@H]([C@H](O)CO[Si](C(C)C)(C(C)C)C(C)C)[C@H](OCc2ccc(Br)cc2)C(O)=CO)cc1. The molecule has 3 atom stereocenters. The third-order valence-electron chi connectivity index (χ3n) is 7.26. The molecule has 0 spiro atoms. The highest BCUT2D eigenvalue weighted by atomic mass is 79.9. The molecular weight excluding hydrogens is 580 g/mol. The normalized spacial score (nSPS) is 15.1. The Kier molecular flexibility index (Phi) is 13.5. The van der Waals surface area contributed by atoms with E-state index in [1.165, 1.54) is 0 Å². The van der Waals surface area contributed by atoms with Crippen molar-refractivity contribution in [3.63, 3.8) is 0 Å². The lowest BCUT2D eigenvalue weighted by Gasteiger charge is -2.43. The monoisotopic (exact) mass is 624 g/mol. The fraction of sp³-hybridized carbons (Fsp3) is 0.533. The van der Waals surface area contributed by atoms with Gasteiger partial charge in [-0.15, -0.1) is 0 Å². The molecule has 2 aromatic carbocycles. The van der Waals surface area contributed by atoms with E-state index in [9.17, 15) is 15.3 Å². The first-order valence-electron chi connectivity index (χ1n) is 13.4. The van der Waals surface area contributed by atoms with E-state index < -0.39 is 32.4 Å². The predicted octanol–water partition coefficient (Wildman–Crippen LogP) is 7.44. The lowest BCUT2D eigenvalue weighted by atomic mass is 10.1. The van der Waals surface area contributed by atoms with Crippen LogP contribution in [-0.4, -0.2) is 55.7 Å². The van der Waals surface area contributed by atoms with Crippen LogP contribution in [0.5, 0.6) is 5.75 Å². The Labute approximate surface area is 243 Å². The van der Waals surface area contributed by atoms with Crippen LogP contribution < -0.4 is 4.74 Å². The van der Waals surface area contributed by atoms with Crippen LogP contribution >= 0.6 is 15.9 Å². The highest BCUT2D eigenvalue weighted by Gasteiger charge is 2.46. The number of hydrogen-bond donors (Lipinski definition) is 3. The van der Waals surface area contributed by atoms with Crippen molar-refractivity contribution < 1.29 is 34.0 Å². The Morgan fingerprint density at radius 3 is 1.79 bits per heavy atom. The summed E-state index contributed by atoms with van der Waals surface area (Å²) in [5.41, 5.74) is 2.71. The molecule has 0 saturated carbocycles. The number of halogens is 1. The molecule has 0 heterocycles. The second-order valence-corrected chi connectivity index (χ2v) is 17.1. The maximum atomic E-state index is 11.5. The zero-order chi connectivity index (χ0) is 29.2. The molecule has 0 aliphatic carbocycles. The topological polar surface area (TPSA) is 97.6 Å². The van der Waals surface area contributed by atoms with Crippen molar-refractivity contribution in [1.29, 1.82) is 0 Å². The molecule has 0 radical (unpaired) electrons. The van der Waals surface area contributed by atoms with Crippen molar-refractivity contribution in [2.24, 2.45) is 0 Å². The van der Waals surface area contributed by atoms with Crippen molar-refractivity contribution >= 4 is 24.2 Å². The summed E-state index contributed by atoms with van der Waals surface area (Å²) in [4.78, 5) is 0. The summed E-state index contributed by atoms with van der Waals surface area (Å²) >= 11 is 3.42. The standard InChI is InChI=1S/C30H45BrO7Si/c1-20(2)39(21(3)4,22(5)6)38-19-28(34)30(37-18-24-10-14-26(35-7)15-11-24)29(27(33)16-32)36-17-23-8-12-25(31)13-9-23/h8-16,20-22,28-30,32-34H,17-19H2,1-7H3/t28-,29-,30-/m1/s1. The summed E-state index contributed by atoms with van der Waals surface area (Å²) in [6, 6.07) is 15.0. The first-order valence-corrected chi connectivity index (χ1v) is 16.3. The van der Waals surface area contributed by atoms with Gasteiger partial charge in [-0.05, 0) is 52.0 Å². The fourth-order valence-corrected chi connectivity index (χ4v) is 11.1. The van der Waals surface area contributed by atoms with Crippen LogP contribution in [-0.2, 0) is 27.1 Å². The molecule has 9 heteroatoms. The molecule has 0 aliphatic heterocycles. The van der Waals surface area contributed by atoms with Crippen LogP contribution in [0.15, 0.2) is 65.0 Å². The number of benzene rings is 2. The van der Waals surface area contributed by atoms with Gasteiger partial charge in [-0.2, -0.15) is 0 Å². The van der Waals surface area contributed by atoms with E-state index in [1.807, 2.05) is 48.5 Å². The number of aliphatic hydroxyl groups excluding tert-OH is 3. The van der Waals surface area contributed by atoms with Crippen LogP contribution in [0, 0.1) is 0 Å². The average Bonchev–Trinajstić information content (AvgIpc) is 2.90. The average molecular weight is 626 g/mol. The molecule has 7 nitrogen and oxygen atoms in total. The van der Waals surface area contributed by atoms with E-state index in [0.29, 0.717) is 22.9 Å². The maximum absolute atomic E-state index is 11.5. The Morgan fingerprint density at radius 1 is 0.846 bits per heavy atom. The Bertz CT molecular complexity index is 987. The van der Waals surface area contributed by atoms with Gasteiger partial charge in [0.25, 0.3) is 0 Å². The summed E-state index contributed by atoms with van der Waals surface area (Å²) < 4.78 is 25.1. The molecule has 0 aliphatic rings. The van der Waals surface area contributed by atoms with Gasteiger partial charge in [0, 0.05) is 4.47 Å². The predicted molar refractivity (Wildman–Crippen MR) is 161 cm³/mol. The van der Waals surface area contributed by atoms with E-state index in [1.54, 1.807) is 7.11 Å². The molecule has 0 fully saturated rings. The van der Waals surface area contributed by atoms with Crippen molar-refractivity contribution in [3.05, 3.63) is 76.2 Å². The van der Waals surface area contributed by atoms with Gasteiger partial charge in [-0.1, -0.05) is 81.7 Å². The van der Waals surface area contributed by atoms with E-state index >= 15 is 0 Å². The van der Waals surface area contributed by atoms with Gasteiger partial charge >= 0.3 is 0 Å². The van der Waals surface area contributed by atoms with Crippen molar-refractivity contribution in [2.75, 3.05) is 13.7 Å². The first-order chi connectivity index (χ1) is 18.5. The highest BCUT2D eigenvalue weighted by molar-refractivity contribution is 9.10. The van der Waals surface area contributed by atoms with Gasteiger partial charge in [0.15, 0.2) is 14.1 Å². The number of ether oxygens (including phenoxy) is 3. The molecule has 2 rings (SSSR count). The molecule has 2 aromatic rings. The third-order valence-corrected chi connectivity index (χ3v) is 13.9. The molecule has 218 valence electrons. The Hall–Kier alpha value is -1.88. The summed E-state index contributed by atoms with van der Waals surface area (Å²) in [6.45, 7) is 13.4. The number of hydrogen-bond acceptors (Lipinski definition) is 7. The molecule has 3 N–H and O–H groups in total. The van der Waals surface area contributed by atoms with Crippen molar-refractivity contribution in [1.82, 2.24) is 0 Å². The number of aliphatic hydroxyl groups is 3. The van der Waals surface area contributed by atoms with E-state index in [4.69, 9.17) is 18.6 Å². The van der Waals surface area contributed by atoms with Crippen LogP contribution in [0.2, 0.25) is 16.6 Å². The largest absolute Gasteiger partial charge is 0.512 e. The van der Waals surface area contributed by atoms with Gasteiger partial charge < -0.3 is 34.0 Å². The zero-order valence-corrected chi connectivity index (χ0v) is 26.7. The van der Waals surface area contributed by atoms with Crippen LogP contribution in [0.1, 0.15) is 52.7 Å². The lowest BCUT2D eigenvalue weighted by Crippen LogP contribution is -2.52. The molecular formula is C30H45BrO7Si. The lowest BCUT2D eigenvalue weighted by molar-refractivity contribution is -0.137. The Balaban J connectivity index is 2.33. The van der Waals surface area contributed by atoms with Gasteiger partial charge in [-0.25, -0.2) is 0 Å². The first kappa shape index (κ1) is 33.3. The van der Waals surface area contributed by atoms with Gasteiger partial charge in [0.2, 0.25) is 0 Å². The fourth-order valence-electron chi connectivity index (χ4n) is 5.33. The van der Waals surface area contributed by atoms with Gasteiger partial charge in [-0.3, -0.25) is 0 Å². The third kappa shape index (κ3) is 9.06. The molecule has 0 aromatic heterocycles. The molecule has 0 amide bonds. The minimum absolute atomic E-state index is 0.0187. The van der Waals surface area contributed by atoms with Crippen LogP contribution in [0.25, 0.3) is 0 Å². The molecule has 0 unspecified atom stereocenters. The highest BCUT2D eigenvalue weighted by Crippen LogP contribution is 2.42. The molecule has 0 saturated heterocycles.